The maximum atomic E-state index is 3.00. The van der Waals surface area contributed by atoms with Gasteiger partial charge in [-0.15, -0.1) is 31.6 Å². The van der Waals surface area contributed by atoms with Crippen LogP contribution in [0, 0.1) is 13.8 Å². The largest absolute Gasteiger partial charge is 0.106 e. The molecule has 0 aliphatic heterocycles. The average Bonchev–Trinajstić information content (AvgIpc) is 2.40. The van der Waals surface area contributed by atoms with E-state index in [1.54, 1.807) is 0 Å². The Balaban J connectivity index is 0. The van der Waals surface area contributed by atoms with Crippen molar-refractivity contribution < 1.29 is 16.5 Å². The van der Waals surface area contributed by atoms with Gasteiger partial charge in [-0.25, -0.2) is 0 Å². The second-order valence-corrected chi connectivity index (χ2v) is 4.96. The summed E-state index contributed by atoms with van der Waals surface area (Å²) in [6, 6.07) is 16.5. The van der Waals surface area contributed by atoms with Crippen molar-refractivity contribution >= 4 is 29.1 Å². The molecule has 0 amide bonds. The van der Waals surface area contributed by atoms with Crippen molar-refractivity contribution in [2.45, 2.75) is 13.8 Å². The molecule has 19 heavy (non-hydrogen) atoms. The molecule has 0 aromatic heterocycles. The molecule has 0 radical (unpaired) electrons. The van der Waals surface area contributed by atoms with Crippen LogP contribution < -0.4 is 10.6 Å². The van der Waals surface area contributed by atoms with Crippen LogP contribution in [0.4, 0.5) is 0 Å². The first-order chi connectivity index (χ1) is 8.61. The molecule has 2 aromatic rings. The van der Waals surface area contributed by atoms with Gasteiger partial charge in [-0.05, 0) is 35.6 Å². The number of hydrogen-bond donors (Lipinski definition) is 0. The van der Waals surface area contributed by atoms with Gasteiger partial charge in [0, 0.05) is 16.5 Å². The summed E-state index contributed by atoms with van der Waals surface area (Å²) in [6.45, 7) is 10.2. The van der Waals surface area contributed by atoms with Crippen molar-refractivity contribution in [2.75, 3.05) is 0 Å². The minimum absolute atomic E-state index is 0. The van der Waals surface area contributed by atoms with Crippen LogP contribution in [0.2, 0.25) is 0 Å². The van der Waals surface area contributed by atoms with Gasteiger partial charge in [-0.1, -0.05) is 48.5 Å². The van der Waals surface area contributed by atoms with Crippen molar-refractivity contribution in [1.29, 1.82) is 0 Å². The molecule has 2 atom stereocenters. The Hall–Kier alpha value is -0.466. The molecule has 2 rings (SSSR count). The SMILES string of the molecule is C=C.Cc1ccccc1P.Cc1ccccc1P.[Ni]. The summed E-state index contributed by atoms with van der Waals surface area (Å²) in [6.07, 6.45) is 0. The van der Waals surface area contributed by atoms with Gasteiger partial charge in [0.2, 0.25) is 0 Å². The van der Waals surface area contributed by atoms with Gasteiger partial charge >= 0.3 is 0 Å². The molecule has 106 valence electrons. The normalized spacial score (nSPS) is 8.00. The van der Waals surface area contributed by atoms with E-state index in [0.29, 0.717) is 0 Å². The third kappa shape index (κ3) is 9.12. The maximum absolute atomic E-state index is 3.00. The third-order valence-corrected chi connectivity index (χ3v) is 3.67. The Morgan fingerprint density at radius 1 is 0.684 bits per heavy atom. The molecule has 0 nitrogen and oxygen atoms in total. The summed E-state index contributed by atoms with van der Waals surface area (Å²) in [5.41, 5.74) is 2.66. The minimum Gasteiger partial charge on any atom is -0.106 e. The zero-order valence-electron chi connectivity index (χ0n) is 11.5. The number of hydrogen-bond acceptors (Lipinski definition) is 0. The van der Waals surface area contributed by atoms with Crippen molar-refractivity contribution in [3.8, 4) is 0 Å². The van der Waals surface area contributed by atoms with Crippen LogP contribution in [0.1, 0.15) is 11.1 Å². The van der Waals surface area contributed by atoms with Crippen molar-refractivity contribution in [3.63, 3.8) is 0 Å². The van der Waals surface area contributed by atoms with Gasteiger partial charge in [-0.2, -0.15) is 0 Å². The van der Waals surface area contributed by atoms with Crippen LogP contribution in [0.5, 0.6) is 0 Å². The zero-order chi connectivity index (χ0) is 14.0. The van der Waals surface area contributed by atoms with Crippen molar-refractivity contribution in [2.24, 2.45) is 0 Å². The fourth-order valence-electron chi connectivity index (χ4n) is 1.17. The molecule has 0 bridgehead atoms. The van der Waals surface area contributed by atoms with E-state index in [1.807, 2.05) is 24.3 Å². The van der Waals surface area contributed by atoms with E-state index in [4.69, 9.17) is 0 Å². The predicted octanol–water partition coefficient (Wildman–Crippen LogP) is 3.79. The molecule has 0 saturated carbocycles. The second-order valence-electron chi connectivity index (χ2n) is 3.71. The van der Waals surface area contributed by atoms with E-state index in [-0.39, 0.29) is 16.5 Å². The Labute approximate surface area is 132 Å². The predicted molar refractivity (Wildman–Crippen MR) is 92.3 cm³/mol. The van der Waals surface area contributed by atoms with Crippen LogP contribution in [0.15, 0.2) is 61.7 Å². The maximum Gasteiger partial charge on any atom is 0 e. The van der Waals surface area contributed by atoms with Crippen LogP contribution in [0.3, 0.4) is 0 Å². The molecule has 3 heteroatoms. The minimum atomic E-state index is 0. The Morgan fingerprint density at radius 2 is 0.947 bits per heavy atom. The first-order valence-corrected chi connectivity index (χ1v) is 6.89. The molecule has 0 aliphatic carbocycles. The molecule has 2 aromatic carbocycles. The first kappa shape index (κ1) is 20.8. The summed E-state index contributed by atoms with van der Waals surface area (Å²) >= 11 is 0. The van der Waals surface area contributed by atoms with Gasteiger partial charge in [0.05, 0.1) is 0 Å². The molecular formula is C16H22NiP2. The molecule has 2 unspecified atom stereocenters. The van der Waals surface area contributed by atoms with Gasteiger partial charge in [0.1, 0.15) is 0 Å². The van der Waals surface area contributed by atoms with Crippen LogP contribution in [-0.2, 0) is 16.5 Å². The van der Waals surface area contributed by atoms with Crippen LogP contribution >= 0.6 is 18.5 Å². The molecule has 0 spiro atoms. The Kier molecular flexibility index (Phi) is 13.8. The van der Waals surface area contributed by atoms with Crippen molar-refractivity contribution in [1.82, 2.24) is 0 Å². The quantitative estimate of drug-likeness (QED) is 0.390. The molecule has 0 saturated heterocycles. The molecule has 0 N–H and O–H groups in total. The topological polar surface area (TPSA) is 0 Å². The van der Waals surface area contributed by atoms with E-state index in [9.17, 15) is 0 Å². The van der Waals surface area contributed by atoms with Gasteiger partial charge < -0.3 is 0 Å². The molecule has 0 aliphatic rings. The number of aryl methyl sites for hydroxylation is 2. The summed E-state index contributed by atoms with van der Waals surface area (Å²) in [4.78, 5) is 0. The van der Waals surface area contributed by atoms with E-state index in [1.165, 1.54) is 21.7 Å². The van der Waals surface area contributed by atoms with Crippen LogP contribution in [0.25, 0.3) is 0 Å². The smallest absolute Gasteiger partial charge is 0 e. The summed E-state index contributed by atoms with van der Waals surface area (Å²) in [7, 11) is 5.37. The fourth-order valence-corrected chi connectivity index (χ4v) is 1.59. The summed E-state index contributed by atoms with van der Waals surface area (Å²) in [5.74, 6) is 0. The summed E-state index contributed by atoms with van der Waals surface area (Å²) in [5, 5.41) is 2.57. The molecular weight excluding hydrogens is 313 g/mol. The monoisotopic (exact) mass is 334 g/mol. The van der Waals surface area contributed by atoms with Gasteiger partial charge in [0.15, 0.2) is 0 Å². The fraction of sp³-hybridized carbons (Fsp3) is 0.125. The number of benzene rings is 2. The standard InChI is InChI=1S/2C7H9P.C2H4.Ni/c2*1-6-4-2-3-5-7(6)8;1-2;/h2*2-5H,8H2,1H3;1-2H2;. The van der Waals surface area contributed by atoms with E-state index in [2.05, 4.69) is 69.8 Å². The van der Waals surface area contributed by atoms with E-state index in [0.717, 1.165) is 0 Å². The van der Waals surface area contributed by atoms with E-state index < -0.39 is 0 Å². The second kappa shape index (κ2) is 12.6. The van der Waals surface area contributed by atoms with E-state index >= 15 is 0 Å². The van der Waals surface area contributed by atoms with Crippen molar-refractivity contribution in [3.05, 3.63) is 72.8 Å². The Bertz CT molecular complexity index is 384. The van der Waals surface area contributed by atoms with Crippen LogP contribution in [-0.4, -0.2) is 0 Å². The van der Waals surface area contributed by atoms with Gasteiger partial charge in [0.25, 0.3) is 0 Å². The van der Waals surface area contributed by atoms with Gasteiger partial charge in [-0.3, -0.25) is 0 Å². The average molecular weight is 335 g/mol. The third-order valence-electron chi connectivity index (χ3n) is 2.38. The molecule has 0 fully saturated rings. The number of rotatable bonds is 0. The first-order valence-electron chi connectivity index (χ1n) is 5.73. The Morgan fingerprint density at radius 3 is 1.11 bits per heavy atom. The molecule has 0 heterocycles. The summed E-state index contributed by atoms with van der Waals surface area (Å²) < 4.78 is 0. The zero-order valence-corrected chi connectivity index (χ0v) is 14.8.